The molecule has 4 aromatic carbocycles. The van der Waals surface area contributed by atoms with Crippen molar-refractivity contribution in [1.82, 2.24) is 10.9 Å². The van der Waals surface area contributed by atoms with E-state index in [0.29, 0.717) is 22.7 Å². The quantitative estimate of drug-likeness (QED) is 0.258. The number of rotatable bonds is 5. The van der Waals surface area contributed by atoms with Crippen LogP contribution in [0.25, 0.3) is 32.7 Å². The topological polar surface area (TPSA) is 119 Å². The van der Waals surface area contributed by atoms with Crippen LogP contribution in [0, 0.1) is 0 Å². The summed E-state index contributed by atoms with van der Waals surface area (Å²) < 4.78 is 16.8. The molecule has 9 nitrogen and oxygen atoms in total. The van der Waals surface area contributed by atoms with E-state index >= 15 is 0 Å². The van der Waals surface area contributed by atoms with Crippen molar-refractivity contribution < 1.29 is 28.3 Å². The molecule has 0 bridgehead atoms. The molecule has 0 radical (unpaired) electrons. The standard InChI is InChI=1S/C27H21N3O6/c1-34-24-13-19-18-10-4-5-11-22(18)36-23(19)14-20(24)28-26(32)27(33)30-29-25(31)15-35-21-12-6-8-16-7-2-3-9-17(16)21/h2-14H,15H2,1H3,(H,28,32)(H,29,31)(H,30,33). The highest BCUT2D eigenvalue weighted by molar-refractivity contribution is 6.40. The van der Waals surface area contributed by atoms with Gasteiger partial charge in [-0.3, -0.25) is 25.2 Å². The molecule has 3 amide bonds. The first kappa shape index (κ1) is 22.7. The molecule has 0 unspecified atom stereocenters. The van der Waals surface area contributed by atoms with Crippen LogP contribution in [0.4, 0.5) is 5.69 Å². The van der Waals surface area contributed by atoms with Gasteiger partial charge in [0.15, 0.2) is 6.61 Å². The highest BCUT2D eigenvalue weighted by Gasteiger charge is 2.19. The first-order valence-corrected chi connectivity index (χ1v) is 11.0. The lowest BCUT2D eigenvalue weighted by Gasteiger charge is -2.12. The van der Waals surface area contributed by atoms with E-state index in [-0.39, 0.29) is 12.3 Å². The maximum atomic E-state index is 12.4. The SMILES string of the molecule is COc1cc2c(cc1NC(=O)C(=O)NNC(=O)COc1cccc3ccccc13)oc1ccccc12. The molecule has 0 saturated carbocycles. The van der Waals surface area contributed by atoms with Crippen molar-refractivity contribution in [1.29, 1.82) is 0 Å². The van der Waals surface area contributed by atoms with Crippen LogP contribution in [0.15, 0.2) is 83.3 Å². The molecule has 5 aromatic rings. The summed E-state index contributed by atoms with van der Waals surface area (Å²) in [5, 5.41) is 6.01. The van der Waals surface area contributed by atoms with Crippen LogP contribution < -0.4 is 25.6 Å². The Morgan fingerprint density at radius 1 is 0.750 bits per heavy atom. The predicted octanol–water partition coefficient (Wildman–Crippen LogP) is 3.91. The zero-order valence-corrected chi connectivity index (χ0v) is 19.2. The van der Waals surface area contributed by atoms with Gasteiger partial charge < -0.3 is 19.2 Å². The van der Waals surface area contributed by atoms with Gasteiger partial charge in [0.2, 0.25) is 0 Å². The molecule has 0 aliphatic heterocycles. The number of fused-ring (bicyclic) bond motifs is 4. The van der Waals surface area contributed by atoms with E-state index in [2.05, 4.69) is 16.2 Å². The minimum Gasteiger partial charge on any atom is -0.495 e. The van der Waals surface area contributed by atoms with Crippen LogP contribution in [-0.4, -0.2) is 31.4 Å². The van der Waals surface area contributed by atoms with E-state index in [4.69, 9.17) is 13.9 Å². The number of hydrogen-bond acceptors (Lipinski definition) is 6. The molecular weight excluding hydrogens is 462 g/mol. The van der Waals surface area contributed by atoms with E-state index in [9.17, 15) is 14.4 Å². The third-order valence-electron chi connectivity index (χ3n) is 5.58. The van der Waals surface area contributed by atoms with Gasteiger partial charge in [0, 0.05) is 22.2 Å². The summed E-state index contributed by atoms with van der Waals surface area (Å²) in [6.07, 6.45) is 0. The molecule has 1 aromatic heterocycles. The number of anilines is 1. The molecule has 1 heterocycles. The molecule has 0 atom stereocenters. The molecule has 180 valence electrons. The van der Waals surface area contributed by atoms with Crippen LogP contribution in [0.5, 0.6) is 11.5 Å². The maximum absolute atomic E-state index is 12.4. The van der Waals surface area contributed by atoms with Gasteiger partial charge in [-0.2, -0.15) is 0 Å². The van der Waals surface area contributed by atoms with Crippen molar-refractivity contribution in [3.8, 4) is 11.5 Å². The fourth-order valence-corrected chi connectivity index (χ4v) is 3.88. The van der Waals surface area contributed by atoms with Gasteiger partial charge in [0.1, 0.15) is 22.7 Å². The van der Waals surface area contributed by atoms with E-state index in [1.165, 1.54) is 7.11 Å². The Morgan fingerprint density at radius 3 is 2.33 bits per heavy atom. The van der Waals surface area contributed by atoms with Crippen molar-refractivity contribution in [2.45, 2.75) is 0 Å². The average Bonchev–Trinajstić information content (AvgIpc) is 3.27. The number of amides is 3. The Labute approximate surface area is 204 Å². The Morgan fingerprint density at radius 2 is 1.50 bits per heavy atom. The monoisotopic (exact) mass is 483 g/mol. The first-order valence-electron chi connectivity index (χ1n) is 11.0. The summed E-state index contributed by atoms with van der Waals surface area (Å²) in [5.41, 5.74) is 5.70. The summed E-state index contributed by atoms with van der Waals surface area (Å²) >= 11 is 0. The van der Waals surface area contributed by atoms with Gasteiger partial charge >= 0.3 is 11.8 Å². The van der Waals surface area contributed by atoms with Crippen molar-refractivity contribution in [2.24, 2.45) is 0 Å². The molecule has 5 rings (SSSR count). The average molecular weight is 483 g/mol. The number of para-hydroxylation sites is 1. The molecule has 0 fully saturated rings. The van der Waals surface area contributed by atoms with Crippen molar-refractivity contribution >= 4 is 56.1 Å². The lowest BCUT2D eigenvalue weighted by atomic mass is 10.1. The van der Waals surface area contributed by atoms with Gasteiger partial charge in [0.25, 0.3) is 5.91 Å². The second-order valence-electron chi connectivity index (χ2n) is 7.87. The van der Waals surface area contributed by atoms with Crippen molar-refractivity contribution in [2.75, 3.05) is 19.0 Å². The van der Waals surface area contributed by atoms with Gasteiger partial charge in [-0.05, 0) is 23.6 Å². The Hall–Kier alpha value is -5.05. The molecule has 3 N–H and O–H groups in total. The van der Waals surface area contributed by atoms with Crippen molar-refractivity contribution in [3.63, 3.8) is 0 Å². The number of furan rings is 1. The van der Waals surface area contributed by atoms with E-state index in [0.717, 1.165) is 21.5 Å². The number of methoxy groups -OCH3 is 1. The van der Waals surface area contributed by atoms with Crippen LogP contribution in [0.1, 0.15) is 0 Å². The van der Waals surface area contributed by atoms with E-state index < -0.39 is 17.7 Å². The van der Waals surface area contributed by atoms with E-state index in [1.54, 1.807) is 18.2 Å². The summed E-state index contributed by atoms with van der Waals surface area (Å²) in [6, 6.07) is 23.9. The minimum absolute atomic E-state index is 0.245. The fourth-order valence-electron chi connectivity index (χ4n) is 3.88. The number of carbonyl (C=O) groups is 3. The van der Waals surface area contributed by atoms with Crippen LogP contribution in [-0.2, 0) is 14.4 Å². The highest BCUT2D eigenvalue weighted by atomic mass is 16.5. The predicted molar refractivity (Wildman–Crippen MR) is 135 cm³/mol. The normalized spacial score (nSPS) is 10.8. The molecule has 0 aliphatic carbocycles. The van der Waals surface area contributed by atoms with Gasteiger partial charge in [0.05, 0.1) is 12.8 Å². The third kappa shape index (κ3) is 4.49. The number of nitrogens with one attached hydrogen (secondary N) is 3. The molecule has 0 saturated heterocycles. The molecule has 0 spiro atoms. The number of hydrogen-bond donors (Lipinski definition) is 3. The minimum atomic E-state index is -1.07. The molecule has 9 heteroatoms. The Bertz CT molecular complexity index is 1620. The second-order valence-corrected chi connectivity index (χ2v) is 7.87. The van der Waals surface area contributed by atoms with Crippen LogP contribution in [0.2, 0.25) is 0 Å². The van der Waals surface area contributed by atoms with Crippen molar-refractivity contribution in [3.05, 3.63) is 78.9 Å². The van der Waals surface area contributed by atoms with Crippen LogP contribution >= 0.6 is 0 Å². The summed E-state index contributed by atoms with van der Waals surface area (Å²) in [7, 11) is 1.45. The Balaban J connectivity index is 1.20. The fraction of sp³-hybridized carbons (Fsp3) is 0.0741. The molecular formula is C27H21N3O6. The smallest absolute Gasteiger partial charge is 0.328 e. The Kier molecular flexibility index (Phi) is 6.10. The largest absolute Gasteiger partial charge is 0.495 e. The zero-order chi connectivity index (χ0) is 25.1. The summed E-state index contributed by atoms with van der Waals surface area (Å²) in [4.78, 5) is 36.9. The number of ether oxygens (including phenoxy) is 2. The maximum Gasteiger partial charge on any atom is 0.328 e. The molecule has 36 heavy (non-hydrogen) atoms. The first-order chi connectivity index (χ1) is 17.5. The zero-order valence-electron chi connectivity index (χ0n) is 19.2. The molecule has 0 aliphatic rings. The van der Waals surface area contributed by atoms with Crippen LogP contribution in [0.3, 0.4) is 0 Å². The van der Waals surface area contributed by atoms with Gasteiger partial charge in [-0.25, -0.2) is 0 Å². The number of benzene rings is 4. The van der Waals surface area contributed by atoms with Gasteiger partial charge in [-0.15, -0.1) is 0 Å². The second kappa shape index (κ2) is 9.67. The van der Waals surface area contributed by atoms with Gasteiger partial charge in [-0.1, -0.05) is 54.6 Å². The highest BCUT2D eigenvalue weighted by Crippen LogP contribution is 2.36. The third-order valence-corrected chi connectivity index (χ3v) is 5.58. The number of carbonyl (C=O) groups excluding carboxylic acids is 3. The lowest BCUT2D eigenvalue weighted by Crippen LogP contribution is -2.48. The lowest BCUT2D eigenvalue weighted by molar-refractivity contribution is -0.138. The summed E-state index contributed by atoms with van der Waals surface area (Å²) in [5.74, 6) is -1.83. The summed E-state index contributed by atoms with van der Waals surface area (Å²) in [6.45, 7) is -0.355. The number of hydrazine groups is 1. The van der Waals surface area contributed by atoms with E-state index in [1.807, 2.05) is 60.7 Å².